The second-order valence-corrected chi connectivity index (χ2v) is 7.03. The number of aliphatic hydroxyl groups is 1. The Kier molecular flexibility index (Phi) is 11.6. The van der Waals surface area contributed by atoms with E-state index in [0.717, 1.165) is 34.9 Å². The first-order chi connectivity index (χ1) is 14.0. The van der Waals surface area contributed by atoms with Crippen LogP contribution >= 0.6 is 24.0 Å². The van der Waals surface area contributed by atoms with Crippen LogP contribution in [0.5, 0.6) is 11.5 Å². The molecule has 0 spiro atoms. The summed E-state index contributed by atoms with van der Waals surface area (Å²) in [6, 6.07) is 14.0. The molecule has 0 aliphatic rings. The van der Waals surface area contributed by atoms with Crippen molar-refractivity contribution in [1.29, 1.82) is 0 Å². The van der Waals surface area contributed by atoms with E-state index in [1.165, 1.54) is 0 Å². The molecule has 0 aromatic heterocycles. The number of nitrogens with zero attached hydrogens (tertiary/aromatic N) is 2. The third kappa shape index (κ3) is 7.68. The predicted molar refractivity (Wildman–Crippen MR) is 133 cm³/mol. The van der Waals surface area contributed by atoms with Gasteiger partial charge in [-0.2, -0.15) is 0 Å². The van der Waals surface area contributed by atoms with E-state index in [4.69, 9.17) is 9.47 Å². The van der Waals surface area contributed by atoms with Crippen molar-refractivity contribution in [2.75, 3.05) is 34.4 Å². The third-order valence-corrected chi connectivity index (χ3v) is 4.71. The number of aryl methyl sites for hydroxylation is 1. The van der Waals surface area contributed by atoms with Crippen LogP contribution in [0.1, 0.15) is 23.6 Å². The van der Waals surface area contributed by atoms with Crippen molar-refractivity contribution < 1.29 is 14.6 Å². The van der Waals surface area contributed by atoms with Crippen LogP contribution in [-0.2, 0) is 13.0 Å². The lowest BCUT2D eigenvalue weighted by Gasteiger charge is -2.24. The third-order valence-electron chi connectivity index (χ3n) is 4.71. The van der Waals surface area contributed by atoms with Gasteiger partial charge in [-0.15, -0.1) is 24.0 Å². The Morgan fingerprint density at radius 3 is 2.37 bits per heavy atom. The zero-order valence-corrected chi connectivity index (χ0v) is 20.8. The first kappa shape index (κ1) is 26.0. The molecule has 2 aromatic carbocycles. The van der Waals surface area contributed by atoms with E-state index in [2.05, 4.69) is 17.2 Å². The average Bonchev–Trinajstić information content (AvgIpc) is 2.72. The van der Waals surface area contributed by atoms with Crippen molar-refractivity contribution in [3.05, 3.63) is 59.2 Å². The number of aliphatic hydroxyl groups excluding tert-OH is 1. The molecule has 7 heteroatoms. The standard InChI is InChI=1S/C23H33N3O3.HI/c1-6-24-23(25-15-20(27)13-18-10-8-7-9-11-18)26(3)16-19-14-22(29-5)21(28-4)12-17(19)2;/h7-12,14,20,27H,6,13,15-16H2,1-5H3,(H,24,25);1H. The maximum Gasteiger partial charge on any atom is 0.194 e. The number of hydrogen-bond acceptors (Lipinski definition) is 4. The van der Waals surface area contributed by atoms with Crippen molar-refractivity contribution in [1.82, 2.24) is 10.2 Å². The van der Waals surface area contributed by atoms with Crippen LogP contribution < -0.4 is 14.8 Å². The Balaban J connectivity index is 0.00000450. The van der Waals surface area contributed by atoms with E-state index in [1.54, 1.807) is 14.2 Å². The van der Waals surface area contributed by atoms with Crippen LogP contribution in [0.4, 0.5) is 0 Å². The van der Waals surface area contributed by atoms with Crippen molar-refractivity contribution in [2.45, 2.75) is 32.9 Å². The minimum Gasteiger partial charge on any atom is -0.493 e. The van der Waals surface area contributed by atoms with Gasteiger partial charge in [0.15, 0.2) is 17.5 Å². The molecule has 2 N–H and O–H groups in total. The summed E-state index contributed by atoms with van der Waals surface area (Å²) in [7, 11) is 5.27. The smallest absolute Gasteiger partial charge is 0.194 e. The normalized spacial score (nSPS) is 12.0. The quantitative estimate of drug-likeness (QED) is 0.296. The molecule has 0 radical (unpaired) electrons. The molecule has 0 fully saturated rings. The summed E-state index contributed by atoms with van der Waals surface area (Å²) in [5.74, 6) is 2.19. The molecule has 30 heavy (non-hydrogen) atoms. The topological polar surface area (TPSA) is 66.3 Å². The molecule has 2 rings (SSSR count). The monoisotopic (exact) mass is 527 g/mol. The van der Waals surface area contributed by atoms with Gasteiger partial charge in [-0.25, -0.2) is 0 Å². The first-order valence-corrected chi connectivity index (χ1v) is 9.91. The molecule has 0 heterocycles. The predicted octanol–water partition coefficient (Wildman–Crippen LogP) is 3.63. The van der Waals surface area contributed by atoms with Gasteiger partial charge in [-0.05, 0) is 42.7 Å². The number of guanidine groups is 1. The fourth-order valence-electron chi connectivity index (χ4n) is 3.14. The van der Waals surface area contributed by atoms with Gasteiger partial charge in [0.1, 0.15) is 0 Å². The van der Waals surface area contributed by atoms with E-state index in [-0.39, 0.29) is 24.0 Å². The summed E-state index contributed by atoms with van der Waals surface area (Å²) in [5.41, 5.74) is 3.35. The summed E-state index contributed by atoms with van der Waals surface area (Å²) >= 11 is 0. The maximum absolute atomic E-state index is 10.4. The van der Waals surface area contributed by atoms with E-state index in [9.17, 15) is 5.11 Å². The van der Waals surface area contributed by atoms with E-state index < -0.39 is 6.10 Å². The van der Waals surface area contributed by atoms with Gasteiger partial charge >= 0.3 is 0 Å². The van der Waals surface area contributed by atoms with Gasteiger partial charge in [0, 0.05) is 26.6 Å². The van der Waals surface area contributed by atoms with Gasteiger partial charge in [0.25, 0.3) is 0 Å². The Hall–Kier alpha value is -2.00. The molecular formula is C23H34IN3O3. The Bertz CT molecular complexity index is 800. The second kappa shape index (κ2) is 13.3. The summed E-state index contributed by atoms with van der Waals surface area (Å²) in [4.78, 5) is 6.69. The number of benzene rings is 2. The molecule has 0 saturated heterocycles. The molecule has 1 atom stereocenters. The molecule has 0 aliphatic carbocycles. The Labute approximate surface area is 197 Å². The molecule has 2 aromatic rings. The minimum absolute atomic E-state index is 0. The lowest BCUT2D eigenvalue weighted by atomic mass is 10.1. The highest BCUT2D eigenvalue weighted by Crippen LogP contribution is 2.30. The number of rotatable bonds is 9. The molecular weight excluding hydrogens is 493 g/mol. The SMILES string of the molecule is CCNC(=NCC(O)Cc1ccccc1)N(C)Cc1cc(OC)c(OC)cc1C.I. The Morgan fingerprint density at radius 1 is 1.13 bits per heavy atom. The van der Waals surface area contributed by atoms with Crippen LogP contribution in [0, 0.1) is 6.92 Å². The number of methoxy groups -OCH3 is 2. The fourth-order valence-corrected chi connectivity index (χ4v) is 3.14. The van der Waals surface area contributed by atoms with E-state index >= 15 is 0 Å². The molecule has 0 aliphatic heterocycles. The van der Waals surface area contributed by atoms with Crippen molar-refractivity contribution >= 4 is 29.9 Å². The molecule has 1 unspecified atom stereocenters. The van der Waals surface area contributed by atoms with Gasteiger partial charge < -0.3 is 24.8 Å². The van der Waals surface area contributed by atoms with Crippen LogP contribution in [0.2, 0.25) is 0 Å². The van der Waals surface area contributed by atoms with Gasteiger partial charge in [0.05, 0.1) is 26.9 Å². The summed E-state index contributed by atoms with van der Waals surface area (Å²) in [6.07, 6.45) is 0.0599. The van der Waals surface area contributed by atoms with Crippen LogP contribution in [0.3, 0.4) is 0 Å². The molecule has 0 saturated carbocycles. The summed E-state index contributed by atoms with van der Waals surface area (Å²) < 4.78 is 10.8. The summed E-state index contributed by atoms with van der Waals surface area (Å²) in [6.45, 7) is 5.84. The fraction of sp³-hybridized carbons (Fsp3) is 0.435. The largest absolute Gasteiger partial charge is 0.493 e. The van der Waals surface area contributed by atoms with Crippen molar-refractivity contribution in [3.8, 4) is 11.5 Å². The van der Waals surface area contributed by atoms with E-state index in [1.807, 2.05) is 61.3 Å². The highest BCUT2D eigenvalue weighted by atomic mass is 127. The molecule has 0 amide bonds. The van der Waals surface area contributed by atoms with Crippen molar-refractivity contribution in [3.63, 3.8) is 0 Å². The molecule has 0 bridgehead atoms. The molecule has 6 nitrogen and oxygen atoms in total. The van der Waals surface area contributed by atoms with Crippen molar-refractivity contribution in [2.24, 2.45) is 4.99 Å². The lowest BCUT2D eigenvalue weighted by molar-refractivity contribution is 0.183. The van der Waals surface area contributed by atoms with Crippen LogP contribution in [0.25, 0.3) is 0 Å². The van der Waals surface area contributed by atoms with Gasteiger partial charge in [-0.1, -0.05) is 30.3 Å². The number of halogens is 1. The van der Waals surface area contributed by atoms with Gasteiger partial charge in [0.2, 0.25) is 0 Å². The maximum atomic E-state index is 10.4. The molecule has 166 valence electrons. The number of ether oxygens (including phenoxy) is 2. The first-order valence-electron chi connectivity index (χ1n) is 9.91. The Morgan fingerprint density at radius 2 is 1.77 bits per heavy atom. The zero-order chi connectivity index (χ0) is 21.2. The highest BCUT2D eigenvalue weighted by Gasteiger charge is 2.13. The summed E-state index contributed by atoms with van der Waals surface area (Å²) in [5, 5.41) is 13.7. The van der Waals surface area contributed by atoms with Crippen LogP contribution in [0.15, 0.2) is 47.5 Å². The van der Waals surface area contributed by atoms with E-state index in [0.29, 0.717) is 25.3 Å². The zero-order valence-electron chi connectivity index (χ0n) is 18.5. The average molecular weight is 527 g/mol. The van der Waals surface area contributed by atoms with Crippen LogP contribution in [-0.4, -0.2) is 56.4 Å². The minimum atomic E-state index is -0.526. The highest BCUT2D eigenvalue weighted by molar-refractivity contribution is 14.0. The second-order valence-electron chi connectivity index (χ2n) is 7.03. The number of aliphatic imine (C=N–C) groups is 1. The van der Waals surface area contributed by atoms with Gasteiger partial charge in [-0.3, -0.25) is 4.99 Å². The number of hydrogen-bond donors (Lipinski definition) is 2. The number of nitrogens with one attached hydrogen (secondary N) is 1. The lowest BCUT2D eigenvalue weighted by Crippen LogP contribution is -2.39.